The molecule has 6 nitrogen and oxygen atoms in total. The largest absolute Gasteiger partial charge is 0.364 e. The molecular weight excluding hydrogens is 270 g/mol. The van der Waals surface area contributed by atoms with Crippen LogP contribution < -0.4 is 0 Å². The second-order valence-electron chi connectivity index (χ2n) is 6.43. The molecule has 1 saturated carbocycles. The van der Waals surface area contributed by atoms with Crippen molar-refractivity contribution in [3.05, 3.63) is 17.5 Å². The Morgan fingerprint density at radius 3 is 2.86 bits per heavy atom. The van der Waals surface area contributed by atoms with Crippen molar-refractivity contribution in [3.8, 4) is 0 Å². The van der Waals surface area contributed by atoms with Crippen LogP contribution in [-0.4, -0.2) is 51.9 Å². The van der Waals surface area contributed by atoms with E-state index >= 15 is 0 Å². The number of fused-ring (bicyclic) bond motifs is 1. The minimum Gasteiger partial charge on any atom is -0.364 e. The maximum absolute atomic E-state index is 12.6. The van der Waals surface area contributed by atoms with Crippen molar-refractivity contribution in [1.29, 1.82) is 0 Å². The molecule has 2 amide bonds. The molecule has 21 heavy (non-hydrogen) atoms. The van der Waals surface area contributed by atoms with Crippen molar-refractivity contribution < 1.29 is 14.1 Å². The second kappa shape index (κ2) is 4.58. The predicted octanol–water partition coefficient (Wildman–Crippen LogP) is 1.21. The number of amides is 2. The average molecular weight is 289 g/mol. The fourth-order valence-electron chi connectivity index (χ4n) is 3.65. The molecule has 1 aromatic rings. The van der Waals surface area contributed by atoms with Crippen molar-refractivity contribution in [2.75, 3.05) is 13.1 Å². The number of carbonyl (C=O) groups is 2. The lowest BCUT2D eigenvalue weighted by Crippen LogP contribution is -2.40. The number of hydrogen-bond donors (Lipinski definition) is 0. The van der Waals surface area contributed by atoms with Gasteiger partial charge in [0.05, 0.1) is 17.8 Å². The van der Waals surface area contributed by atoms with Gasteiger partial charge in [-0.2, -0.15) is 0 Å². The van der Waals surface area contributed by atoms with E-state index in [2.05, 4.69) is 5.16 Å². The lowest BCUT2D eigenvalue weighted by molar-refractivity contribution is -0.129. The molecule has 0 N–H and O–H groups in total. The van der Waals surface area contributed by atoms with Gasteiger partial charge in [-0.25, -0.2) is 0 Å². The third-order valence-electron chi connectivity index (χ3n) is 5.01. The SMILES string of the molecule is Cc1nocc1C(=O)N1CC[C@H]2[C@H]1CC(=O)N2CC1CC1. The second-order valence-corrected chi connectivity index (χ2v) is 6.43. The minimum atomic E-state index is -0.0534. The molecule has 0 radical (unpaired) electrons. The van der Waals surface area contributed by atoms with Gasteiger partial charge in [-0.1, -0.05) is 5.16 Å². The van der Waals surface area contributed by atoms with Gasteiger partial charge in [0.15, 0.2) is 0 Å². The van der Waals surface area contributed by atoms with E-state index in [1.54, 1.807) is 6.92 Å². The number of rotatable bonds is 3. The number of hydrogen-bond acceptors (Lipinski definition) is 4. The van der Waals surface area contributed by atoms with E-state index in [-0.39, 0.29) is 23.9 Å². The van der Waals surface area contributed by atoms with Gasteiger partial charge in [0.1, 0.15) is 11.8 Å². The highest BCUT2D eigenvalue weighted by Crippen LogP contribution is 2.38. The van der Waals surface area contributed by atoms with Gasteiger partial charge >= 0.3 is 0 Å². The van der Waals surface area contributed by atoms with Gasteiger partial charge < -0.3 is 14.3 Å². The summed E-state index contributed by atoms with van der Waals surface area (Å²) in [6.07, 6.45) is 5.24. The van der Waals surface area contributed by atoms with E-state index in [1.807, 2.05) is 9.80 Å². The van der Waals surface area contributed by atoms with E-state index in [0.717, 1.165) is 13.0 Å². The number of nitrogens with zero attached hydrogens (tertiary/aromatic N) is 3. The Morgan fingerprint density at radius 1 is 1.38 bits per heavy atom. The van der Waals surface area contributed by atoms with Crippen LogP contribution in [-0.2, 0) is 4.79 Å². The van der Waals surface area contributed by atoms with Gasteiger partial charge in [0, 0.05) is 19.5 Å². The average Bonchev–Trinajstić information content (AvgIpc) is 2.90. The molecule has 2 aliphatic heterocycles. The first-order chi connectivity index (χ1) is 10.1. The molecule has 0 bridgehead atoms. The van der Waals surface area contributed by atoms with Crippen LogP contribution in [0.1, 0.15) is 41.7 Å². The highest BCUT2D eigenvalue weighted by atomic mass is 16.5. The summed E-state index contributed by atoms with van der Waals surface area (Å²) >= 11 is 0. The monoisotopic (exact) mass is 289 g/mol. The van der Waals surface area contributed by atoms with Crippen LogP contribution in [0.15, 0.2) is 10.8 Å². The van der Waals surface area contributed by atoms with Crippen molar-refractivity contribution >= 4 is 11.8 Å². The number of aromatic nitrogens is 1. The molecule has 0 aromatic carbocycles. The van der Waals surface area contributed by atoms with Gasteiger partial charge in [0.2, 0.25) is 5.91 Å². The Labute approximate surface area is 123 Å². The summed E-state index contributed by atoms with van der Waals surface area (Å²) < 4.78 is 4.87. The first kappa shape index (κ1) is 12.9. The first-order valence-corrected chi connectivity index (χ1v) is 7.66. The van der Waals surface area contributed by atoms with Crippen molar-refractivity contribution in [2.24, 2.45) is 5.92 Å². The van der Waals surface area contributed by atoms with Crippen LogP contribution in [0.5, 0.6) is 0 Å². The quantitative estimate of drug-likeness (QED) is 0.839. The Balaban J connectivity index is 1.53. The van der Waals surface area contributed by atoms with E-state index < -0.39 is 0 Å². The molecular formula is C15H19N3O3. The summed E-state index contributed by atoms with van der Waals surface area (Å²) in [6.45, 7) is 3.37. The lowest BCUT2D eigenvalue weighted by atomic mass is 10.1. The molecule has 0 spiro atoms. The van der Waals surface area contributed by atoms with Crippen LogP contribution >= 0.6 is 0 Å². The Morgan fingerprint density at radius 2 is 2.19 bits per heavy atom. The Kier molecular flexibility index (Phi) is 2.80. The van der Waals surface area contributed by atoms with Crippen molar-refractivity contribution in [3.63, 3.8) is 0 Å². The maximum Gasteiger partial charge on any atom is 0.259 e. The fourth-order valence-corrected chi connectivity index (χ4v) is 3.65. The number of aryl methyl sites for hydroxylation is 1. The summed E-state index contributed by atoms with van der Waals surface area (Å²) in [6, 6.07) is 0.236. The highest BCUT2D eigenvalue weighted by Gasteiger charge is 2.49. The van der Waals surface area contributed by atoms with Crippen LogP contribution in [0.2, 0.25) is 0 Å². The molecule has 3 fully saturated rings. The van der Waals surface area contributed by atoms with Crippen molar-refractivity contribution in [2.45, 2.75) is 44.7 Å². The lowest BCUT2D eigenvalue weighted by Gasteiger charge is -2.25. The maximum atomic E-state index is 12.6. The van der Waals surface area contributed by atoms with Crippen LogP contribution in [0.4, 0.5) is 0 Å². The molecule has 1 aliphatic carbocycles. The van der Waals surface area contributed by atoms with Gasteiger partial charge in [-0.05, 0) is 32.1 Å². The molecule has 3 heterocycles. The van der Waals surface area contributed by atoms with Gasteiger partial charge in [-0.15, -0.1) is 0 Å². The predicted molar refractivity (Wildman–Crippen MR) is 73.5 cm³/mol. The van der Waals surface area contributed by atoms with Crippen LogP contribution in [0.3, 0.4) is 0 Å². The number of carbonyl (C=O) groups excluding carboxylic acids is 2. The molecule has 3 aliphatic rings. The highest BCUT2D eigenvalue weighted by molar-refractivity contribution is 5.96. The third-order valence-corrected chi connectivity index (χ3v) is 5.01. The normalized spacial score (nSPS) is 28.3. The molecule has 6 heteroatoms. The molecule has 0 unspecified atom stereocenters. The molecule has 2 saturated heterocycles. The van der Waals surface area contributed by atoms with E-state index in [1.165, 1.54) is 19.1 Å². The zero-order valence-electron chi connectivity index (χ0n) is 12.1. The summed E-state index contributed by atoms with van der Waals surface area (Å²) in [5.74, 6) is 0.844. The van der Waals surface area contributed by atoms with Crippen LogP contribution in [0.25, 0.3) is 0 Å². The molecule has 2 atom stereocenters. The van der Waals surface area contributed by atoms with Crippen molar-refractivity contribution in [1.82, 2.24) is 15.0 Å². The smallest absolute Gasteiger partial charge is 0.259 e. The summed E-state index contributed by atoms with van der Waals surface area (Å²) in [5.41, 5.74) is 1.13. The van der Waals surface area contributed by atoms with E-state index in [0.29, 0.717) is 30.1 Å². The van der Waals surface area contributed by atoms with Crippen LogP contribution in [0, 0.1) is 12.8 Å². The molecule has 1 aromatic heterocycles. The summed E-state index contributed by atoms with van der Waals surface area (Å²) in [7, 11) is 0. The Hall–Kier alpha value is -1.85. The first-order valence-electron chi connectivity index (χ1n) is 7.66. The molecule has 4 rings (SSSR count). The fraction of sp³-hybridized carbons (Fsp3) is 0.667. The summed E-state index contributed by atoms with van der Waals surface area (Å²) in [4.78, 5) is 28.7. The standard InChI is InChI=1S/C15H19N3O3/c1-9-11(8-21-16-9)15(20)17-5-4-12-13(17)6-14(19)18(12)7-10-2-3-10/h8,10,12-13H,2-7H2,1H3/t12-,13+/m0/s1. The summed E-state index contributed by atoms with van der Waals surface area (Å²) in [5, 5.41) is 3.77. The Bertz CT molecular complexity index is 593. The van der Waals surface area contributed by atoms with E-state index in [4.69, 9.17) is 4.52 Å². The van der Waals surface area contributed by atoms with Gasteiger partial charge in [-0.3, -0.25) is 9.59 Å². The van der Waals surface area contributed by atoms with Gasteiger partial charge in [0.25, 0.3) is 5.91 Å². The third kappa shape index (κ3) is 2.04. The topological polar surface area (TPSA) is 66.7 Å². The minimum absolute atomic E-state index is 0.0260. The number of likely N-dealkylation sites (tertiary alicyclic amines) is 2. The van der Waals surface area contributed by atoms with E-state index in [9.17, 15) is 9.59 Å². The molecule has 112 valence electrons. The zero-order valence-corrected chi connectivity index (χ0v) is 12.1. The zero-order chi connectivity index (χ0) is 14.6.